The summed E-state index contributed by atoms with van der Waals surface area (Å²) in [6.45, 7) is 4.85. The van der Waals surface area contributed by atoms with Gasteiger partial charge in [0, 0.05) is 12.1 Å². The summed E-state index contributed by atoms with van der Waals surface area (Å²) in [5.74, 6) is 1.34. The molecule has 1 heterocycles. The van der Waals surface area contributed by atoms with Crippen molar-refractivity contribution in [3.05, 3.63) is 12.1 Å². The summed E-state index contributed by atoms with van der Waals surface area (Å²) in [6, 6.07) is 3.77. The molecule has 3 N–H and O–H groups in total. The van der Waals surface area contributed by atoms with Crippen molar-refractivity contribution in [2.75, 3.05) is 31.7 Å². The highest BCUT2D eigenvalue weighted by atomic mass is 16.5. The van der Waals surface area contributed by atoms with Crippen molar-refractivity contribution in [1.29, 1.82) is 0 Å². The van der Waals surface area contributed by atoms with E-state index in [1.165, 1.54) is 25.7 Å². The van der Waals surface area contributed by atoms with Gasteiger partial charge in [-0.05, 0) is 52.9 Å². The summed E-state index contributed by atoms with van der Waals surface area (Å²) in [5.41, 5.74) is 6.73. The predicted octanol–water partition coefficient (Wildman–Crippen LogP) is 2.74. The predicted molar refractivity (Wildman–Crippen MR) is 87.8 cm³/mol. The van der Waals surface area contributed by atoms with Crippen molar-refractivity contribution < 1.29 is 4.74 Å². The maximum Gasteiger partial charge on any atom is 0.239 e. The SMILES string of the molecule is CC(C)Oc1nc(NCC2(N(C)C)CCCC2)ccc1N. The first-order valence-corrected chi connectivity index (χ1v) is 7.77. The summed E-state index contributed by atoms with van der Waals surface area (Å²) >= 11 is 0. The van der Waals surface area contributed by atoms with Gasteiger partial charge in [0.2, 0.25) is 5.88 Å². The Bertz CT molecular complexity index is 467. The Morgan fingerprint density at radius 2 is 2.00 bits per heavy atom. The van der Waals surface area contributed by atoms with Crippen LogP contribution >= 0.6 is 0 Å². The van der Waals surface area contributed by atoms with Crippen molar-refractivity contribution in [2.24, 2.45) is 0 Å². The van der Waals surface area contributed by atoms with Crippen LogP contribution in [0.4, 0.5) is 11.5 Å². The van der Waals surface area contributed by atoms with E-state index in [0.29, 0.717) is 11.6 Å². The van der Waals surface area contributed by atoms with Crippen LogP contribution in [-0.4, -0.2) is 42.2 Å². The molecule has 0 unspecified atom stereocenters. The van der Waals surface area contributed by atoms with E-state index in [1.54, 1.807) is 0 Å². The molecule has 0 aliphatic heterocycles. The number of pyridine rings is 1. The molecule has 0 bridgehead atoms. The Hall–Kier alpha value is -1.49. The smallest absolute Gasteiger partial charge is 0.239 e. The van der Waals surface area contributed by atoms with Crippen LogP contribution in [0.2, 0.25) is 0 Å². The van der Waals surface area contributed by atoms with Gasteiger partial charge in [-0.1, -0.05) is 12.8 Å². The summed E-state index contributed by atoms with van der Waals surface area (Å²) < 4.78 is 5.64. The maximum absolute atomic E-state index is 5.91. The molecule has 1 saturated carbocycles. The fraction of sp³-hybridized carbons (Fsp3) is 0.688. The molecule has 1 aliphatic carbocycles. The molecule has 118 valence electrons. The average molecular weight is 292 g/mol. The second kappa shape index (κ2) is 6.52. The van der Waals surface area contributed by atoms with E-state index in [-0.39, 0.29) is 11.6 Å². The van der Waals surface area contributed by atoms with Gasteiger partial charge in [-0.3, -0.25) is 0 Å². The Labute approximate surface area is 127 Å². The third kappa shape index (κ3) is 3.79. The minimum Gasteiger partial charge on any atom is -0.473 e. The minimum absolute atomic E-state index is 0.0676. The van der Waals surface area contributed by atoms with Gasteiger partial charge in [0.15, 0.2) is 0 Å². The minimum atomic E-state index is 0.0676. The van der Waals surface area contributed by atoms with Crippen molar-refractivity contribution in [3.8, 4) is 5.88 Å². The number of hydrogen-bond donors (Lipinski definition) is 2. The number of nitrogens with zero attached hydrogens (tertiary/aromatic N) is 2. The molecule has 21 heavy (non-hydrogen) atoms. The second-order valence-corrected chi connectivity index (χ2v) is 6.44. The average Bonchev–Trinajstić information content (AvgIpc) is 2.89. The van der Waals surface area contributed by atoms with Crippen molar-refractivity contribution in [2.45, 2.75) is 51.2 Å². The van der Waals surface area contributed by atoms with Crippen LogP contribution in [0.5, 0.6) is 5.88 Å². The first kappa shape index (κ1) is 15.9. The lowest BCUT2D eigenvalue weighted by atomic mass is 9.96. The van der Waals surface area contributed by atoms with E-state index < -0.39 is 0 Å². The zero-order chi connectivity index (χ0) is 15.5. The number of nitrogens with one attached hydrogen (secondary N) is 1. The second-order valence-electron chi connectivity index (χ2n) is 6.44. The number of anilines is 2. The standard InChI is InChI=1S/C16H28N4O/c1-12(2)21-15-13(17)7-8-14(19-15)18-11-16(20(3)4)9-5-6-10-16/h7-8,12H,5-6,9-11,17H2,1-4H3,(H,18,19). The molecule has 5 heteroatoms. The summed E-state index contributed by atoms with van der Waals surface area (Å²) in [5, 5.41) is 3.46. The topological polar surface area (TPSA) is 63.4 Å². The van der Waals surface area contributed by atoms with E-state index in [9.17, 15) is 0 Å². The molecule has 1 aromatic heterocycles. The Balaban J connectivity index is 2.06. The highest BCUT2D eigenvalue weighted by Crippen LogP contribution is 2.34. The van der Waals surface area contributed by atoms with Crippen molar-refractivity contribution in [3.63, 3.8) is 0 Å². The number of rotatable bonds is 6. The number of hydrogen-bond acceptors (Lipinski definition) is 5. The van der Waals surface area contributed by atoms with E-state index in [4.69, 9.17) is 10.5 Å². The van der Waals surface area contributed by atoms with E-state index in [0.717, 1.165) is 12.4 Å². The highest BCUT2D eigenvalue weighted by Gasteiger charge is 2.35. The third-order valence-electron chi connectivity index (χ3n) is 4.32. The zero-order valence-corrected chi connectivity index (χ0v) is 13.6. The quantitative estimate of drug-likeness (QED) is 0.844. The molecule has 0 spiro atoms. The molecular formula is C16H28N4O. The lowest BCUT2D eigenvalue weighted by Gasteiger charge is -2.36. The van der Waals surface area contributed by atoms with E-state index in [1.807, 2.05) is 26.0 Å². The summed E-state index contributed by atoms with van der Waals surface area (Å²) in [7, 11) is 4.33. The number of nitrogens with two attached hydrogens (primary N) is 1. The van der Waals surface area contributed by atoms with E-state index >= 15 is 0 Å². The molecule has 1 aromatic rings. The van der Waals surface area contributed by atoms with Gasteiger partial charge in [0.25, 0.3) is 0 Å². The lowest BCUT2D eigenvalue weighted by molar-refractivity contribution is 0.172. The van der Waals surface area contributed by atoms with Crippen LogP contribution in [0.25, 0.3) is 0 Å². The zero-order valence-electron chi connectivity index (χ0n) is 13.6. The number of likely N-dealkylation sites (N-methyl/N-ethyl adjacent to an activating group) is 1. The first-order valence-electron chi connectivity index (χ1n) is 7.77. The van der Waals surface area contributed by atoms with Gasteiger partial charge < -0.3 is 20.7 Å². The van der Waals surface area contributed by atoms with Gasteiger partial charge in [0.1, 0.15) is 5.82 Å². The summed E-state index contributed by atoms with van der Waals surface area (Å²) in [4.78, 5) is 6.83. The molecule has 1 aliphatic rings. The monoisotopic (exact) mass is 292 g/mol. The molecule has 0 aromatic carbocycles. The molecule has 1 fully saturated rings. The fourth-order valence-electron chi connectivity index (χ4n) is 2.94. The lowest BCUT2D eigenvalue weighted by Crippen LogP contribution is -2.47. The fourth-order valence-corrected chi connectivity index (χ4v) is 2.94. The molecule has 0 amide bonds. The van der Waals surface area contributed by atoms with Crippen molar-refractivity contribution >= 4 is 11.5 Å². The summed E-state index contributed by atoms with van der Waals surface area (Å²) in [6.07, 6.45) is 5.14. The van der Waals surface area contributed by atoms with Crippen LogP contribution in [0.15, 0.2) is 12.1 Å². The third-order valence-corrected chi connectivity index (χ3v) is 4.32. The number of aromatic nitrogens is 1. The van der Waals surface area contributed by atoms with Gasteiger partial charge in [-0.2, -0.15) is 4.98 Å². The van der Waals surface area contributed by atoms with Gasteiger partial charge in [0.05, 0.1) is 11.8 Å². The highest BCUT2D eigenvalue weighted by molar-refractivity contribution is 5.53. The largest absolute Gasteiger partial charge is 0.473 e. The molecule has 5 nitrogen and oxygen atoms in total. The Morgan fingerprint density at radius 3 is 2.57 bits per heavy atom. The number of ether oxygens (including phenoxy) is 1. The Morgan fingerprint density at radius 1 is 1.33 bits per heavy atom. The number of nitrogen functional groups attached to an aromatic ring is 1. The maximum atomic E-state index is 5.91. The van der Waals surface area contributed by atoms with Crippen LogP contribution in [0.1, 0.15) is 39.5 Å². The Kier molecular flexibility index (Phi) is 4.93. The van der Waals surface area contributed by atoms with Crippen LogP contribution in [0, 0.1) is 0 Å². The molecular weight excluding hydrogens is 264 g/mol. The van der Waals surface area contributed by atoms with Crippen LogP contribution in [0.3, 0.4) is 0 Å². The van der Waals surface area contributed by atoms with Gasteiger partial charge >= 0.3 is 0 Å². The van der Waals surface area contributed by atoms with Gasteiger partial charge in [-0.15, -0.1) is 0 Å². The van der Waals surface area contributed by atoms with Crippen LogP contribution in [-0.2, 0) is 0 Å². The molecule has 0 saturated heterocycles. The molecule has 0 atom stereocenters. The van der Waals surface area contributed by atoms with E-state index in [2.05, 4.69) is 29.3 Å². The van der Waals surface area contributed by atoms with Gasteiger partial charge in [-0.25, -0.2) is 0 Å². The molecule has 2 rings (SSSR count). The normalized spacial score (nSPS) is 17.4. The van der Waals surface area contributed by atoms with Crippen molar-refractivity contribution in [1.82, 2.24) is 9.88 Å². The van der Waals surface area contributed by atoms with Crippen LogP contribution < -0.4 is 15.8 Å². The first-order chi connectivity index (χ1) is 9.93. The molecule has 0 radical (unpaired) electrons.